The Hall–Kier alpha value is -1.75. The maximum Gasteiger partial charge on any atom is 0.254 e. The largest absolute Gasteiger partial charge is 0.336 e. The van der Waals surface area contributed by atoms with Crippen molar-refractivity contribution in [2.75, 3.05) is 32.7 Å². The highest BCUT2D eigenvalue weighted by Gasteiger charge is 2.27. The fraction of sp³-hybridized carbons (Fsp3) is 0.529. The van der Waals surface area contributed by atoms with Crippen molar-refractivity contribution in [2.45, 2.75) is 20.8 Å². The van der Waals surface area contributed by atoms with Gasteiger partial charge < -0.3 is 4.90 Å². The van der Waals surface area contributed by atoms with Crippen molar-refractivity contribution in [3.63, 3.8) is 0 Å². The third-order valence-electron chi connectivity index (χ3n) is 3.93. The molecule has 0 aliphatic carbocycles. The minimum Gasteiger partial charge on any atom is -0.336 e. The van der Waals surface area contributed by atoms with E-state index in [2.05, 4.69) is 4.90 Å². The van der Waals surface area contributed by atoms with Gasteiger partial charge in [0, 0.05) is 37.2 Å². The first-order valence-corrected chi connectivity index (χ1v) is 7.58. The molecule has 120 valence electrons. The summed E-state index contributed by atoms with van der Waals surface area (Å²) in [5, 5.41) is 0. The zero-order chi connectivity index (χ0) is 16.3. The van der Waals surface area contributed by atoms with E-state index >= 15 is 0 Å². The normalized spacial score (nSPS) is 16.6. The summed E-state index contributed by atoms with van der Waals surface area (Å²) in [5.41, 5.74) is 0.0355. The molecular formula is C17H23FN2O2. The van der Waals surface area contributed by atoms with Crippen LogP contribution in [0.25, 0.3) is 0 Å². The first-order chi connectivity index (χ1) is 10.3. The maximum atomic E-state index is 13.2. The fourth-order valence-electron chi connectivity index (χ4n) is 2.35. The second-order valence-corrected chi connectivity index (χ2v) is 6.75. The van der Waals surface area contributed by atoms with E-state index < -0.39 is 5.82 Å². The molecule has 1 aliphatic rings. The van der Waals surface area contributed by atoms with Crippen LogP contribution in [0.2, 0.25) is 0 Å². The predicted molar refractivity (Wildman–Crippen MR) is 83.2 cm³/mol. The van der Waals surface area contributed by atoms with Crippen molar-refractivity contribution in [2.24, 2.45) is 5.41 Å². The second-order valence-electron chi connectivity index (χ2n) is 6.75. The molecular weight excluding hydrogens is 283 g/mol. The average molecular weight is 306 g/mol. The average Bonchev–Trinajstić information content (AvgIpc) is 2.46. The van der Waals surface area contributed by atoms with Gasteiger partial charge in [0.2, 0.25) is 0 Å². The second kappa shape index (κ2) is 6.57. The highest BCUT2D eigenvalue weighted by Crippen LogP contribution is 2.16. The maximum absolute atomic E-state index is 13.2. The van der Waals surface area contributed by atoms with Crippen molar-refractivity contribution < 1.29 is 14.0 Å². The zero-order valence-electron chi connectivity index (χ0n) is 13.4. The molecule has 1 aromatic carbocycles. The molecule has 1 aromatic rings. The van der Waals surface area contributed by atoms with E-state index in [0.717, 1.165) is 0 Å². The topological polar surface area (TPSA) is 40.6 Å². The number of benzene rings is 1. The minimum absolute atomic E-state index is 0.152. The summed E-state index contributed by atoms with van der Waals surface area (Å²) >= 11 is 0. The highest BCUT2D eigenvalue weighted by atomic mass is 19.1. The summed E-state index contributed by atoms with van der Waals surface area (Å²) in [6.45, 7) is 8.63. The number of nitrogens with zero attached hydrogens (tertiary/aromatic N) is 2. The van der Waals surface area contributed by atoms with Crippen molar-refractivity contribution in [3.05, 3.63) is 35.6 Å². The Morgan fingerprint density at radius 2 is 1.77 bits per heavy atom. The van der Waals surface area contributed by atoms with Gasteiger partial charge in [-0.05, 0) is 18.2 Å². The van der Waals surface area contributed by atoms with E-state index in [-0.39, 0.29) is 17.1 Å². The molecule has 2 rings (SSSR count). The van der Waals surface area contributed by atoms with Crippen LogP contribution in [-0.4, -0.2) is 54.2 Å². The number of halogens is 1. The van der Waals surface area contributed by atoms with Crippen molar-refractivity contribution in [1.29, 1.82) is 0 Å². The summed E-state index contributed by atoms with van der Waals surface area (Å²) in [7, 11) is 0. The van der Waals surface area contributed by atoms with E-state index in [9.17, 15) is 14.0 Å². The molecule has 0 N–H and O–H groups in total. The van der Waals surface area contributed by atoms with Gasteiger partial charge >= 0.3 is 0 Å². The number of Topliss-reactive ketones (excluding diaryl/α,β-unsaturated/α-hetero) is 1. The van der Waals surface area contributed by atoms with E-state index in [1.165, 1.54) is 12.1 Å². The number of rotatable bonds is 3. The summed E-state index contributed by atoms with van der Waals surface area (Å²) in [6.07, 6.45) is 0. The SMILES string of the molecule is CC(C)(C)C(=O)CN1CCN(C(=O)c2cccc(F)c2)CC1. The fourth-order valence-corrected chi connectivity index (χ4v) is 2.35. The molecule has 1 aliphatic heterocycles. The molecule has 1 heterocycles. The van der Waals surface area contributed by atoms with Crippen LogP contribution < -0.4 is 0 Å². The molecule has 0 radical (unpaired) electrons. The predicted octanol–water partition coefficient (Wildman–Crippen LogP) is 2.20. The van der Waals surface area contributed by atoms with Gasteiger partial charge in [-0.15, -0.1) is 0 Å². The summed E-state index contributed by atoms with van der Waals surface area (Å²) in [6, 6.07) is 5.76. The van der Waals surface area contributed by atoms with Gasteiger partial charge in [-0.1, -0.05) is 26.8 Å². The van der Waals surface area contributed by atoms with Crippen LogP contribution in [0, 0.1) is 11.2 Å². The lowest BCUT2D eigenvalue weighted by Crippen LogP contribution is -2.50. The Labute approximate surface area is 130 Å². The van der Waals surface area contributed by atoms with Crippen molar-refractivity contribution in [3.8, 4) is 0 Å². The van der Waals surface area contributed by atoms with E-state index in [0.29, 0.717) is 38.3 Å². The number of carbonyl (C=O) groups excluding carboxylic acids is 2. The molecule has 0 atom stereocenters. The Kier molecular flexibility index (Phi) is 4.96. The van der Waals surface area contributed by atoms with E-state index in [4.69, 9.17) is 0 Å². The smallest absolute Gasteiger partial charge is 0.254 e. The lowest BCUT2D eigenvalue weighted by atomic mass is 9.90. The molecule has 1 saturated heterocycles. The van der Waals surface area contributed by atoms with Gasteiger partial charge in [-0.25, -0.2) is 4.39 Å². The van der Waals surface area contributed by atoms with Crippen LogP contribution in [0.1, 0.15) is 31.1 Å². The van der Waals surface area contributed by atoms with Crippen LogP contribution in [0.4, 0.5) is 4.39 Å². The van der Waals surface area contributed by atoms with Gasteiger partial charge in [0.05, 0.1) is 6.54 Å². The molecule has 0 aromatic heterocycles. The number of carbonyl (C=O) groups is 2. The molecule has 5 heteroatoms. The Morgan fingerprint density at radius 3 is 2.32 bits per heavy atom. The summed E-state index contributed by atoms with van der Waals surface area (Å²) < 4.78 is 13.2. The first kappa shape index (κ1) is 16.6. The van der Waals surface area contributed by atoms with Gasteiger partial charge in [-0.3, -0.25) is 14.5 Å². The van der Waals surface area contributed by atoms with Crippen LogP contribution >= 0.6 is 0 Å². The zero-order valence-corrected chi connectivity index (χ0v) is 13.4. The lowest BCUT2D eigenvalue weighted by Gasteiger charge is -2.35. The van der Waals surface area contributed by atoms with Crippen LogP contribution in [-0.2, 0) is 4.79 Å². The van der Waals surface area contributed by atoms with Crippen LogP contribution in [0.5, 0.6) is 0 Å². The first-order valence-electron chi connectivity index (χ1n) is 7.58. The van der Waals surface area contributed by atoms with Gasteiger partial charge in [0.1, 0.15) is 5.82 Å². The quantitative estimate of drug-likeness (QED) is 0.859. The number of hydrogen-bond donors (Lipinski definition) is 0. The van der Waals surface area contributed by atoms with E-state index in [1.54, 1.807) is 17.0 Å². The third kappa shape index (κ3) is 4.13. The number of ketones is 1. The van der Waals surface area contributed by atoms with E-state index in [1.807, 2.05) is 20.8 Å². The van der Waals surface area contributed by atoms with Crippen LogP contribution in [0.15, 0.2) is 24.3 Å². The molecule has 0 spiro atoms. The monoisotopic (exact) mass is 306 g/mol. The molecule has 1 fully saturated rings. The third-order valence-corrected chi connectivity index (χ3v) is 3.93. The van der Waals surface area contributed by atoms with Crippen molar-refractivity contribution >= 4 is 11.7 Å². The summed E-state index contributed by atoms with van der Waals surface area (Å²) in [4.78, 5) is 28.1. The molecule has 1 amide bonds. The van der Waals surface area contributed by atoms with Gasteiger partial charge in [0.15, 0.2) is 5.78 Å². The Morgan fingerprint density at radius 1 is 1.14 bits per heavy atom. The lowest BCUT2D eigenvalue weighted by molar-refractivity contribution is -0.127. The standard InChI is InChI=1S/C17H23FN2O2/c1-17(2,3)15(21)12-19-7-9-20(10-8-19)16(22)13-5-4-6-14(18)11-13/h4-6,11H,7-10,12H2,1-3H3. The molecule has 4 nitrogen and oxygen atoms in total. The summed E-state index contributed by atoms with van der Waals surface area (Å²) in [5.74, 6) is -0.348. The minimum atomic E-state index is -0.403. The van der Waals surface area contributed by atoms with Crippen molar-refractivity contribution in [1.82, 2.24) is 9.80 Å². The Balaban J connectivity index is 1.89. The molecule has 0 bridgehead atoms. The van der Waals surface area contributed by atoms with Gasteiger partial charge in [0.25, 0.3) is 5.91 Å². The number of hydrogen-bond acceptors (Lipinski definition) is 3. The molecule has 0 unspecified atom stereocenters. The van der Waals surface area contributed by atoms with Gasteiger partial charge in [-0.2, -0.15) is 0 Å². The Bertz CT molecular complexity index is 558. The molecule has 22 heavy (non-hydrogen) atoms. The number of amides is 1. The highest BCUT2D eigenvalue weighted by molar-refractivity contribution is 5.94. The van der Waals surface area contributed by atoms with Crippen LogP contribution in [0.3, 0.4) is 0 Å². The molecule has 0 saturated carbocycles. The number of piperazine rings is 1.